The number of ether oxygens (including phenoxy) is 2. The van der Waals surface area contributed by atoms with Crippen molar-refractivity contribution in [1.29, 1.82) is 0 Å². The van der Waals surface area contributed by atoms with Gasteiger partial charge in [0.15, 0.2) is 0 Å². The fourth-order valence-corrected chi connectivity index (χ4v) is 3.26. The van der Waals surface area contributed by atoms with Crippen molar-refractivity contribution >= 4 is 5.69 Å². The minimum absolute atomic E-state index is 0.238. The third-order valence-corrected chi connectivity index (χ3v) is 4.98. The van der Waals surface area contributed by atoms with Crippen LogP contribution in [0.25, 0.3) is 0 Å². The number of hydrogen-bond donors (Lipinski definition) is 3. The summed E-state index contributed by atoms with van der Waals surface area (Å²) in [4.78, 5) is 0. The SMILES string of the molecule is Cc1cccc(C)c1NCCNCC(O)COc1ccc(OCc2ccccc2)cc1. The van der Waals surface area contributed by atoms with Crippen LogP contribution in [0.1, 0.15) is 16.7 Å². The molecule has 5 nitrogen and oxygen atoms in total. The molecule has 0 aliphatic carbocycles. The van der Waals surface area contributed by atoms with Gasteiger partial charge in [0.25, 0.3) is 0 Å². The molecule has 0 aliphatic rings. The molecule has 0 aliphatic heterocycles. The van der Waals surface area contributed by atoms with Crippen LogP contribution in [0.3, 0.4) is 0 Å². The first-order chi connectivity index (χ1) is 15.1. The fourth-order valence-electron chi connectivity index (χ4n) is 3.26. The first-order valence-corrected chi connectivity index (χ1v) is 10.7. The Morgan fingerprint density at radius 1 is 0.774 bits per heavy atom. The number of aliphatic hydroxyl groups is 1. The summed E-state index contributed by atoms with van der Waals surface area (Å²) in [5, 5.41) is 16.9. The molecule has 0 saturated heterocycles. The molecule has 3 N–H and O–H groups in total. The minimum Gasteiger partial charge on any atom is -0.491 e. The summed E-state index contributed by atoms with van der Waals surface area (Å²) < 4.78 is 11.5. The van der Waals surface area contributed by atoms with Gasteiger partial charge in [0.1, 0.15) is 30.8 Å². The van der Waals surface area contributed by atoms with Crippen LogP contribution in [-0.2, 0) is 6.61 Å². The van der Waals surface area contributed by atoms with E-state index < -0.39 is 6.10 Å². The van der Waals surface area contributed by atoms with Gasteiger partial charge in [0.2, 0.25) is 0 Å². The van der Waals surface area contributed by atoms with Crippen molar-refractivity contribution < 1.29 is 14.6 Å². The predicted molar refractivity (Wildman–Crippen MR) is 126 cm³/mol. The molecule has 0 amide bonds. The molecular formula is C26H32N2O3. The lowest BCUT2D eigenvalue weighted by Crippen LogP contribution is -2.34. The van der Waals surface area contributed by atoms with Crippen LogP contribution < -0.4 is 20.1 Å². The number of anilines is 1. The molecule has 0 saturated carbocycles. The lowest BCUT2D eigenvalue weighted by atomic mass is 10.1. The van der Waals surface area contributed by atoms with Gasteiger partial charge in [0.05, 0.1) is 0 Å². The second-order valence-corrected chi connectivity index (χ2v) is 7.61. The van der Waals surface area contributed by atoms with E-state index in [-0.39, 0.29) is 6.61 Å². The van der Waals surface area contributed by atoms with Crippen molar-refractivity contribution in [2.75, 3.05) is 31.6 Å². The van der Waals surface area contributed by atoms with Gasteiger partial charge in [-0.1, -0.05) is 48.5 Å². The monoisotopic (exact) mass is 420 g/mol. The standard InChI is InChI=1S/C26H32N2O3/c1-20-7-6-8-21(2)26(20)28-16-15-27-17-23(29)19-31-25-13-11-24(12-14-25)30-18-22-9-4-3-5-10-22/h3-14,23,27-29H,15-19H2,1-2H3. The summed E-state index contributed by atoms with van der Waals surface area (Å²) in [6.45, 7) is 7.01. The Morgan fingerprint density at radius 3 is 2.10 bits per heavy atom. The molecule has 0 radical (unpaired) electrons. The van der Waals surface area contributed by atoms with Gasteiger partial charge < -0.3 is 25.2 Å². The van der Waals surface area contributed by atoms with Gasteiger partial charge in [0, 0.05) is 25.3 Å². The van der Waals surface area contributed by atoms with Crippen LogP contribution in [0.2, 0.25) is 0 Å². The molecule has 0 fully saturated rings. The van der Waals surface area contributed by atoms with Gasteiger partial charge >= 0.3 is 0 Å². The zero-order valence-electron chi connectivity index (χ0n) is 18.3. The Labute approximate surface area is 185 Å². The zero-order valence-corrected chi connectivity index (χ0v) is 18.3. The maximum atomic E-state index is 10.1. The van der Waals surface area contributed by atoms with Crippen LogP contribution in [0, 0.1) is 13.8 Å². The first kappa shape index (κ1) is 22.7. The van der Waals surface area contributed by atoms with Gasteiger partial charge in [-0.15, -0.1) is 0 Å². The van der Waals surface area contributed by atoms with E-state index in [0.29, 0.717) is 18.9 Å². The Morgan fingerprint density at radius 2 is 1.42 bits per heavy atom. The Balaban J connectivity index is 1.30. The number of aliphatic hydroxyl groups excluding tert-OH is 1. The van der Waals surface area contributed by atoms with E-state index in [2.05, 4.69) is 42.7 Å². The van der Waals surface area contributed by atoms with Crippen molar-refractivity contribution in [1.82, 2.24) is 5.32 Å². The normalized spacial score (nSPS) is 11.7. The highest BCUT2D eigenvalue weighted by Crippen LogP contribution is 2.19. The lowest BCUT2D eigenvalue weighted by molar-refractivity contribution is 0.107. The molecule has 1 atom stereocenters. The number of aryl methyl sites for hydroxylation is 2. The van der Waals surface area contributed by atoms with Crippen molar-refractivity contribution in [3.63, 3.8) is 0 Å². The first-order valence-electron chi connectivity index (χ1n) is 10.7. The highest BCUT2D eigenvalue weighted by Gasteiger charge is 2.06. The Hall–Kier alpha value is -3.02. The van der Waals surface area contributed by atoms with Crippen molar-refractivity contribution in [3.05, 3.63) is 89.5 Å². The maximum Gasteiger partial charge on any atom is 0.120 e. The van der Waals surface area contributed by atoms with Crippen molar-refractivity contribution in [2.45, 2.75) is 26.6 Å². The van der Waals surface area contributed by atoms with Gasteiger partial charge in [-0.25, -0.2) is 0 Å². The van der Waals surface area contributed by atoms with Crippen LogP contribution in [0.15, 0.2) is 72.8 Å². The van der Waals surface area contributed by atoms with E-state index in [4.69, 9.17) is 9.47 Å². The second kappa shape index (κ2) is 12.0. The molecule has 0 heterocycles. The van der Waals surface area contributed by atoms with E-state index in [9.17, 15) is 5.11 Å². The Bertz CT molecular complexity index is 893. The summed E-state index contributed by atoms with van der Waals surface area (Å²) >= 11 is 0. The molecular weight excluding hydrogens is 388 g/mol. The second-order valence-electron chi connectivity index (χ2n) is 7.61. The van der Waals surface area contributed by atoms with Crippen LogP contribution in [0.5, 0.6) is 11.5 Å². The number of hydrogen-bond acceptors (Lipinski definition) is 5. The van der Waals surface area contributed by atoms with Crippen LogP contribution in [-0.4, -0.2) is 37.5 Å². The molecule has 3 aromatic rings. The molecule has 31 heavy (non-hydrogen) atoms. The summed E-state index contributed by atoms with van der Waals surface area (Å²) in [5.41, 5.74) is 4.79. The predicted octanol–water partition coefficient (Wildman–Crippen LogP) is 4.32. The largest absolute Gasteiger partial charge is 0.491 e. The number of rotatable bonds is 12. The molecule has 3 aromatic carbocycles. The quantitative estimate of drug-likeness (QED) is 0.381. The maximum absolute atomic E-state index is 10.1. The summed E-state index contributed by atoms with van der Waals surface area (Å²) in [6, 6.07) is 23.8. The third kappa shape index (κ3) is 7.63. The van der Waals surface area contributed by atoms with Crippen molar-refractivity contribution in [2.24, 2.45) is 0 Å². The number of nitrogens with one attached hydrogen (secondary N) is 2. The molecule has 5 heteroatoms. The molecule has 0 spiro atoms. The van der Waals surface area contributed by atoms with Gasteiger partial charge in [-0.2, -0.15) is 0 Å². The van der Waals surface area contributed by atoms with E-state index in [1.54, 1.807) is 0 Å². The summed E-state index contributed by atoms with van der Waals surface area (Å²) in [7, 11) is 0. The average Bonchev–Trinajstić information content (AvgIpc) is 2.79. The zero-order chi connectivity index (χ0) is 21.9. The highest BCUT2D eigenvalue weighted by molar-refractivity contribution is 5.56. The molecule has 0 bridgehead atoms. The van der Waals surface area contributed by atoms with Gasteiger partial charge in [-0.3, -0.25) is 0 Å². The smallest absolute Gasteiger partial charge is 0.120 e. The number of para-hydroxylation sites is 1. The summed E-state index contributed by atoms with van der Waals surface area (Å²) in [6.07, 6.45) is -0.575. The van der Waals surface area contributed by atoms with E-state index in [1.165, 1.54) is 16.8 Å². The topological polar surface area (TPSA) is 62.8 Å². The molecule has 1 unspecified atom stereocenters. The fraction of sp³-hybridized carbons (Fsp3) is 0.308. The molecule has 0 aromatic heterocycles. The van der Waals surface area contributed by atoms with Crippen molar-refractivity contribution in [3.8, 4) is 11.5 Å². The summed E-state index contributed by atoms with van der Waals surface area (Å²) in [5.74, 6) is 1.50. The molecule has 164 valence electrons. The Kier molecular flexibility index (Phi) is 8.76. The highest BCUT2D eigenvalue weighted by atomic mass is 16.5. The lowest BCUT2D eigenvalue weighted by Gasteiger charge is -2.15. The van der Waals surface area contributed by atoms with Crippen LogP contribution in [0.4, 0.5) is 5.69 Å². The van der Waals surface area contributed by atoms with E-state index in [1.807, 2.05) is 54.6 Å². The number of benzene rings is 3. The van der Waals surface area contributed by atoms with E-state index in [0.717, 1.165) is 24.4 Å². The molecule has 3 rings (SSSR count). The van der Waals surface area contributed by atoms with E-state index >= 15 is 0 Å². The third-order valence-electron chi connectivity index (χ3n) is 4.98. The minimum atomic E-state index is -0.575. The van der Waals surface area contributed by atoms with Gasteiger partial charge in [-0.05, 0) is 54.8 Å². The van der Waals surface area contributed by atoms with Crippen LogP contribution >= 0.6 is 0 Å². The average molecular weight is 421 g/mol.